The summed E-state index contributed by atoms with van der Waals surface area (Å²) in [6.45, 7) is 9.64. The van der Waals surface area contributed by atoms with Crippen LogP contribution in [0.3, 0.4) is 0 Å². The largest absolute Gasteiger partial charge is 0.353 e. The van der Waals surface area contributed by atoms with E-state index in [-0.39, 0.29) is 5.54 Å². The van der Waals surface area contributed by atoms with E-state index >= 15 is 0 Å². The van der Waals surface area contributed by atoms with Gasteiger partial charge in [0.2, 0.25) is 6.41 Å². The molecule has 0 radical (unpaired) electrons. The van der Waals surface area contributed by atoms with Gasteiger partial charge in [0.15, 0.2) is 0 Å². The van der Waals surface area contributed by atoms with Crippen LogP contribution in [-0.2, 0) is 4.79 Å². The SMILES string of the molecule is C[C@H]1CC[C@H]2[C@H]1[C@@H]1[C@H](CC[C@@]2(C)NC=O)C1(C)C. The Morgan fingerprint density at radius 1 is 1.11 bits per heavy atom. The van der Waals surface area contributed by atoms with E-state index in [2.05, 4.69) is 33.0 Å². The van der Waals surface area contributed by atoms with E-state index in [1.54, 1.807) is 0 Å². The molecule has 102 valence electrons. The second-order valence-corrected chi connectivity index (χ2v) is 7.91. The van der Waals surface area contributed by atoms with Crippen molar-refractivity contribution in [1.29, 1.82) is 0 Å². The first-order chi connectivity index (χ1) is 8.42. The minimum absolute atomic E-state index is 0.0562. The van der Waals surface area contributed by atoms with Gasteiger partial charge in [-0.05, 0) is 61.2 Å². The molecule has 3 fully saturated rings. The molecule has 0 bridgehead atoms. The molecule has 0 aliphatic heterocycles. The Balaban J connectivity index is 1.92. The highest BCUT2D eigenvalue weighted by atomic mass is 16.1. The number of amides is 1. The maximum atomic E-state index is 11.0. The van der Waals surface area contributed by atoms with Crippen LogP contribution in [0.4, 0.5) is 0 Å². The molecule has 0 unspecified atom stereocenters. The van der Waals surface area contributed by atoms with Gasteiger partial charge in [0.1, 0.15) is 0 Å². The summed E-state index contributed by atoms with van der Waals surface area (Å²) < 4.78 is 0. The molecule has 6 atom stereocenters. The van der Waals surface area contributed by atoms with Crippen molar-refractivity contribution >= 4 is 6.41 Å². The van der Waals surface area contributed by atoms with Gasteiger partial charge >= 0.3 is 0 Å². The van der Waals surface area contributed by atoms with Crippen LogP contribution in [0.25, 0.3) is 0 Å². The zero-order valence-corrected chi connectivity index (χ0v) is 12.2. The average molecular weight is 249 g/mol. The minimum Gasteiger partial charge on any atom is -0.353 e. The molecule has 2 nitrogen and oxygen atoms in total. The normalized spacial score (nSPS) is 53.0. The fourth-order valence-electron chi connectivity index (χ4n) is 5.63. The molecule has 0 heterocycles. The molecule has 0 aromatic heterocycles. The molecular formula is C16H27NO. The first-order valence-electron chi connectivity index (χ1n) is 7.63. The quantitative estimate of drug-likeness (QED) is 0.748. The molecule has 0 aromatic carbocycles. The Bertz CT molecular complexity index is 364. The van der Waals surface area contributed by atoms with E-state index in [9.17, 15) is 4.79 Å². The van der Waals surface area contributed by atoms with Gasteiger partial charge in [0.05, 0.1) is 0 Å². The van der Waals surface area contributed by atoms with E-state index in [0.717, 1.165) is 30.1 Å². The molecule has 3 saturated carbocycles. The average Bonchev–Trinajstić information content (AvgIpc) is 2.65. The molecule has 1 amide bonds. The number of hydrogen-bond acceptors (Lipinski definition) is 1. The molecule has 18 heavy (non-hydrogen) atoms. The summed E-state index contributed by atoms with van der Waals surface area (Å²) in [7, 11) is 0. The predicted octanol–water partition coefficient (Wildman–Crippen LogP) is 3.22. The second kappa shape index (κ2) is 3.74. The maximum absolute atomic E-state index is 11.0. The molecule has 2 heteroatoms. The standard InChI is InChI=1S/C16H27NO/c1-10-5-6-11-13(10)14-12(15(14,2)3)7-8-16(11,4)17-9-18/h9-14H,5-8H2,1-4H3,(H,17,18)/t10-,11-,12-,13-,14-,16+/m0/s1. The molecule has 0 spiro atoms. The van der Waals surface area contributed by atoms with Gasteiger partial charge in [0, 0.05) is 5.54 Å². The summed E-state index contributed by atoms with van der Waals surface area (Å²) >= 11 is 0. The zero-order chi connectivity index (χ0) is 13.1. The van der Waals surface area contributed by atoms with Crippen LogP contribution in [0.2, 0.25) is 0 Å². The van der Waals surface area contributed by atoms with Crippen LogP contribution in [-0.4, -0.2) is 11.9 Å². The molecule has 1 N–H and O–H groups in total. The maximum Gasteiger partial charge on any atom is 0.207 e. The minimum atomic E-state index is 0.0562. The predicted molar refractivity (Wildman–Crippen MR) is 73.0 cm³/mol. The van der Waals surface area contributed by atoms with E-state index in [1.165, 1.54) is 25.7 Å². The lowest BCUT2D eigenvalue weighted by Crippen LogP contribution is -2.49. The van der Waals surface area contributed by atoms with Gasteiger partial charge in [-0.25, -0.2) is 0 Å². The van der Waals surface area contributed by atoms with Gasteiger partial charge in [0.25, 0.3) is 0 Å². The third-order valence-electron chi connectivity index (χ3n) is 6.79. The van der Waals surface area contributed by atoms with Crippen molar-refractivity contribution in [3.63, 3.8) is 0 Å². The lowest BCUT2D eigenvalue weighted by Gasteiger charge is -2.39. The molecular weight excluding hydrogens is 222 g/mol. The van der Waals surface area contributed by atoms with Crippen LogP contribution in [0.15, 0.2) is 0 Å². The Morgan fingerprint density at radius 2 is 1.83 bits per heavy atom. The van der Waals surface area contributed by atoms with Gasteiger partial charge in [-0.3, -0.25) is 4.79 Å². The molecule has 0 aromatic rings. The van der Waals surface area contributed by atoms with E-state index in [1.807, 2.05) is 0 Å². The number of carbonyl (C=O) groups excluding carboxylic acids is 1. The molecule has 3 rings (SSSR count). The Morgan fingerprint density at radius 3 is 2.50 bits per heavy atom. The molecule has 3 aliphatic rings. The number of nitrogens with one attached hydrogen (secondary N) is 1. The Hall–Kier alpha value is -0.530. The van der Waals surface area contributed by atoms with Crippen molar-refractivity contribution in [2.45, 2.75) is 58.9 Å². The first kappa shape index (κ1) is 12.5. The Labute approximate surface area is 111 Å². The number of fused-ring (bicyclic) bond motifs is 3. The smallest absolute Gasteiger partial charge is 0.207 e. The fraction of sp³-hybridized carbons (Fsp3) is 0.938. The van der Waals surface area contributed by atoms with Gasteiger partial charge in [-0.15, -0.1) is 0 Å². The highest BCUT2D eigenvalue weighted by Gasteiger charge is 2.66. The number of rotatable bonds is 2. The van der Waals surface area contributed by atoms with Crippen LogP contribution in [0, 0.1) is 35.0 Å². The van der Waals surface area contributed by atoms with Crippen LogP contribution >= 0.6 is 0 Å². The van der Waals surface area contributed by atoms with Crippen LogP contribution in [0.5, 0.6) is 0 Å². The molecule has 0 saturated heterocycles. The van der Waals surface area contributed by atoms with Crippen molar-refractivity contribution in [2.75, 3.05) is 0 Å². The lowest BCUT2D eigenvalue weighted by atomic mass is 9.72. The van der Waals surface area contributed by atoms with Crippen molar-refractivity contribution in [2.24, 2.45) is 35.0 Å². The van der Waals surface area contributed by atoms with Gasteiger partial charge < -0.3 is 5.32 Å². The summed E-state index contributed by atoms with van der Waals surface area (Å²) in [4.78, 5) is 11.0. The van der Waals surface area contributed by atoms with Gasteiger partial charge in [-0.2, -0.15) is 0 Å². The van der Waals surface area contributed by atoms with Crippen LogP contribution in [0.1, 0.15) is 53.4 Å². The third kappa shape index (κ3) is 1.50. The summed E-state index contributed by atoms with van der Waals surface area (Å²) in [5.41, 5.74) is 0.616. The number of hydrogen-bond donors (Lipinski definition) is 1. The zero-order valence-electron chi connectivity index (χ0n) is 12.2. The van der Waals surface area contributed by atoms with Crippen molar-refractivity contribution < 1.29 is 4.79 Å². The fourth-order valence-corrected chi connectivity index (χ4v) is 5.63. The number of carbonyl (C=O) groups is 1. The summed E-state index contributed by atoms with van der Waals surface area (Å²) in [5.74, 6) is 4.20. The van der Waals surface area contributed by atoms with Crippen molar-refractivity contribution in [3.8, 4) is 0 Å². The highest BCUT2D eigenvalue weighted by Crippen LogP contribution is 2.71. The van der Waals surface area contributed by atoms with Crippen molar-refractivity contribution in [3.05, 3.63) is 0 Å². The third-order valence-corrected chi connectivity index (χ3v) is 6.79. The topological polar surface area (TPSA) is 29.1 Å². The lowest BCUT2D eigenvalue weighted by molar-refractivity contribution is -0.112. The molecule has 3 aliphatic carbocycles. The Kier molecular flexibility index (Phi) is 2.60. The van der Waals surface area contributed by atoms with E-state index in [4.69, 9.17) is 0 Å². The summed E-state index contributed by atoms with van der Waals surface area (Å²) in [6.07, 6.45) is 6.06. The van der Waals surface area contributed by atoms with E-state index in [0.29, 0.717) is 11.3 Å². The summed E-state index contributed by atoms with van der Waals surface area (Å²) in [5, 5.41) is 3.18. The van der Waals surface area contributed by atoms with Gasteiger partial charge in [-0.1, -0.05) is 27.2 Å². The summed E-state index contributed by atoms with van der Waals surface area (Å²) in [6, 6.07) is 0. The monoisotopic (exact) mass is 249 g/mol. The van der Waals surface area contributed by atoms with Crippen LogP contribution < -0.4 is 5.32 Å². The van der Waals surface area contributed by atoms with Crippen molar-refractivity contribution in [1.82, 2.24) is 5.32 Å². The van der Waals surface area contributed by atoms with E-state index < -0.39 is 0 Å². The highest BCUT2D eigenvalue weighted by molar-refractivity contribution is 5.48. The second-order valence-electron chi connectivity index (χ2n) is 7.91. The first-order valence-corrected chi connectivity index (χ1v) is 7.63.